The van der Waals surface area contributed by atoms with Crippen LogP contribution in [0.3, 0.4) is 0 Å². The van der Waals surface area contributed by atoms with Gasteiger partial charge in [-0.2, -0.15) is 0 Å². The Morgan fingerprint density at radius 3 is 1.22 bits per heavy atom. The molecule has 1 aliphatic heterocycles. The van der Waals surface area contributed by atoms with Crippen molar-refractivity contribution in [2.45, 2.75) is 244 Å². The zero-order valence-corrected chi connectivity index (χ0v) is 33.9. The molecule has 49 heavy (non-hydrogen) atoms. The van der Waals surface area contributed by atoms with E-state index in [0.29, 0.717) is 22.9 Å². The maximum atomic E-state index is 10.6. The molecule has 0 aliphatic carbocycles. The van der Waals surface area contributed by atoms with Gasteiger partial charge in [0.2, 0.25) is 0 Å². The van der Waals surface area contributed by atoms with Crippen LogP contribution in [0.1, 0.15) is 219 Å². The third-order valence-corrected chi connectivity index (χ3v) is 10.8. The summed E-state index contributed by atoms with van der Waals surface area (Å²) in [5, 5.41) is 21.7. The lowest BCUT2D eigenvalue weighted by molar-refractivity contribution is -0.0577. The Morgan fingerprint density at radius 2 is 0.878 bits per heavy atom. The predicted molar refractivity (Wildman–Crippen MR) is 217 cm³/mol. The average molecular weight is 729 g/mol. The Morgan fingerprint density at radius 1 is 0.551 bits per heavy atom. The fourth-order valence-corrected chi connectivity index (χ4v) is 7.53. The average Bonchev–Trinajstić information content (AvgIpc) is 3.45. The molecule has 1 rings (SSSR count). The summed E-state index contributed by atoms with van der Waals surface area (Å²) >= 11 is 11.1. The zero-order chi connectivity index (χ0) is 35.6. The van der Waals surface area contributed by atoms with Crippen molar-refractivity contribution in [3.8, 4) is 0 Å². The molecule has 0 radical (unpaired) electrons. The molecule has 1 fully saturated rings. The summed E-state index contributed by atoms with van der Waals surface area (Å²) in [5.74, 6) is 0. The monoisotopic (exact) mass is 729 g/mol. The number of aliphatic hydroxyl groups excluding tert-OH is 2. The maximum Gasteiger partial charge on any atom is 0.160 e. The molecule has 0 unspecified atom stereocenters. The van der Waals surface area contributed by atoms with E-state index in [0.717, 1.165) is 25.7 Å². The molecule has 1 heterocycles. The maximum absolute atomic E-state index is 10.6. The first-order valence-electron chi connectivity index (χ1n) is 21.3. The molecule has 290 valence electrons. The Kier molecular flexibility index (Phi) is 33.1. The summed E-state index contributed by atoms with van der Waals surface area (Å²) < 4.78 is 17.8. The molecular formula is C42H80O5S2. The molecule has 1 aliphatic rings. The van der Waals surface area contributed by atoms with Gasteiger partial charge in [-0.3, -0.25) is 0 Å². The first kappa shape index (κ1) is 46.7. The lowest BCUT2D eigenvalue weighted by atomic mass is 10.0. The van der Waals surface area contributed by atoms with Gasteiger partial charge in [-0.05, 0) is 37.3 Å². The standard InChI is InChI=1S/C42H80O5S2/c1-3-5-7-9-11-13-15-17-19-21-23-25-27-29-31-33-39(48)46-38(35-43)42-41(37(44)36-45-42)47-40(49)34-32-30-28-26-24-22-20-18-16-14-12-10-8-6-4-2/h37-38,41-44H,3-36H2,1-2H3/t37-,38+,41-,42-/m1/s1. The number of hydrogen-bond acceptors (Lipinski definition) is 7. The smallest absolute Gasteiger partial charge is 0.160 e. The molecule has 0 saturated carbocycles. The van der Waals surface area contributed by atoms with Gasteiger partial charge in [-0.25, -0.2) is 0 Å². The fraction of sp³-hybridized carbons (Fsp3) is 0.952. The van der Waals surface area contributed by atoms with Crippen molar-refractivity contribution in [2.24, 2.45) is 0 Å². The van der Waals surface area contributed by atoms with Crippen LogP contribution < -0.4 is 0 Å². The molecule has 0 bridgehead atoms. The fourth-order valence-electron chi connectivity index (χ4n) is 7.01. The molecule has 7 heteroatoms. The molecule has 2 N–H and O–H groups in total. The number of ether oxygens (including phenoxy) is 3. The van der Waals surface area contributed by atoms with Crippen LogP contribution in [0.4, 0.5) is 0 Å². The minimum absolute atomic E-state index is 0.141. The Hall–Kier alpha value is -0.340. The quantitative estimate of drug-likeness (QED) is 0.0492. The van der Waals surface area contributed by atoms with Crippen LogP contribution in [-0.4, -0.2) is 57.9 Å². The van der Waals surface area contributed by atoms with Gasteiger partial charge in [0.25, 0.3) is 0 Å². The summed E-state index contributed by atoms with van der Waals surface area (Å²) in [6, 6.07) is 0. The molecular weight excluding hydrogens is 649 g/mol. The van der Waals surface area contributed by atoms with Crippen molar-refractivity contribution in [2.75, 3.05) is 13.2 Å². The first-order valence-corrected chi connectivity index (χ1v) is 22.1. The van der Waals surface area contributed by atoms with E-state index in [-0.39, 0.29) is 13.2 Å². The van der Waals surface area contributed by atoms with Crippen LogP contribution in [0.15, 0.2) is 0 Å². The van der Waals surface area contributed by atoms with Gasteiger partial charge >= 0.3 is 0 Å². The van der Waals surface area contributed by atoms with Crippen molar-refractivity contribution >= 4 is 34.5 Å². The summed E-state index contributed by atoms with van der Waals surface area (Å²) in [4.78, 5) is 0. The van der Waals surface area contributed by atoms with E-state index in [1.165, 1.54) is 167 Å². The molecule has 0 spiro atoms. The Labute approximate surface area is 314 Å². The number of unbranched alkanes of at least 4 members (excludes halogenated alkanes) is 28. The molecule has 0 aromatic rings. The molecule has 5 nitrogen and oxygen atoms in total. The molecule has 0 amide bonds. The first-order chi connectivity index (χ1) is 24.0. The van der Waals surface area contributed by atoms with Crippen LogP contribution in [-0.2, 0) is 14.2 Å². The second-order valence-electron chi connectivity index (χ2n) is 14.9. The van der Waals surface area contributed by atoms with Crippen LogP contribution in [0.2, 0.25) is 0 Å². The van der Waals surface area contributed by atoms with Crippen LogP contribution >= 0.6 is 24.4 Å². The summed E-state index contributed by atoms with van der Waals surface area (Å²) in [6.07, 6.45) is 38.5. The third kappa shape index (κ3) is 27.0. The van der Waals surface area contributed by atoms with Crippen molar-refractivity contribution in [3.63, 3.8) is 0 Å². The van der Waals surface area contributed by atoms with E-state index in [1.54, 1.807) is 0 Å². The van der Waals surface area contributed by atoms with E-state index in [1.807, 2.05) is 0 Å². The summed E-state index contributed by atoms with van der Waals surface area (Å²) in [7, 11) is 0. The molecule has 0 aromatic heterocycles. The highest BCUT2D eigenvalue weighted by Gasteiger charge is 2.44. The van der Waals surface area contributed by atoms with Gasteiger partial charge in [0.1, 0.15) is 12.2 Å². The Balaban J connectivity index is 2.08. The lowest BCUT2D eigenvalue weighted by Crippen LogP contribution is -2.45. The van der Waals surface area contributed by atoms with Crippen molar-refractivity contribution in [1.29, 1.82) is 0 Å². The van der Waals surface area contributed by atoms with Gasteiger partial charge < -0.3 is 24.4 Å². The highest BCUT2D eigenvalue weighted by Crippen LogP contribution is 2.25. The predicted octanol–water partition coefficient (Wildman–Crippen LogP) is 12.7. The second kappa shape index (κ2) is 34.7. The highest BCUT2D eigenvalue weighted by atomic mass is 32.1. The van der Waals surface area contributed by atoms with Gasteiger partial charge in [0, 0.05) is 12.8 Å². The Bertz CT molecular complexity index is 751. The lowest BCUT2D eigenvalue weighted by Gasteiger charge is -2.28. The van der Waals surface area contributed by atoms with Crippen molar-refractivity contribution in [3.05, 3.63) is 0 Å². The number of thiocarbonyl (C=S) groups is 2. The summed E-state index contributed by atoms with van der Waals surface area (Å²) in [6.45, 7) is 4.45. The number of hydrogen-bond donors (Lipinski definition) is 2. The minimum atomic E-state index is -0.800. The van der Waals surface area contributed by atoms with E-state index in [2.05, 4.69) is 13.8 Å². The van der Waals surface area contributed by atoms with E-state index in [4.69, 9.17) is 38.6 Å². The van der Waals surface area contributed by atoms with E-state index in [9.17, 15) is 10.2 Å². The SMILES string of the molecule is CCCCCCCCCCCCCCCCCC(=S)O[C@H]1[C@@H]([C@H](CO)OC(=S)CCCCCCCCCCCCCCCCC)OC[C@H]1O. The molecule has 0 aromatic carbocycles. The number of rotatable bonds is 36. The molecule has 1 saturated heterocycles. The van der Waals surface area contributed by atoms with Gasteiger partial charge in [0.15, 0.2) is 22.3 Å². The topological polar surface area (TPSA) is 68.2 Å². The second-order valence-corrected chi connectivity index (χ2v) is 15.8. The number of aliphatic hydroxyl groups is 2. The highest BCUT2D eigenvalue weighted by molar-refractivity contribution is 7.80. The molecule has 4 atom stereocenters. The summed E-state index contributed by atoms with van der Waals surface area (Å²) in [5.41, 5.74) is 0. The normalized spacial score (nSPS) is 18.2. The van der Waals surface area contributed by atoms with E-state index < -0.39 is 24.4 Å². The van der Waals surface area contributed by atoms with E-state index >= 15 is 0 Å². The minimum Gasteiger partial charge on any atom is -0.479 e. The van der Waals surface area contributed by atoms with Crippen LogP contribution in [0, 0.1) is 0 Å². The van der Waals surface area contributed by atoms with Crippen LogP contribution in [0.25, 0.3) is 0 Å². The van der Waals surface area contributed by atoms with Crippen molar-refractivity contribution < 1.29 is 24.4 Å². The van der Waals surface area contributed by atoms with Crippen LogP contribution in [0.5, 0.6) is 0 Å². The largest absolute Gasteiger partial charge is 0.479 e. The van der Waals surface area contributed by atoms with Gasteiger partial charge in [-0.15, -0.1) is 0 Å². The van der Waals surface area contributed by atoms with Gasteiger partial charge in [0.05, 0.1) is 13.2 Å². The third-order valence-electron chi connectivity index (χ3n) is 10.2. The van der Waals surface area contributed by atoms with Gasteiger partial charge in [-0.1, -0.05) is 194 Å². The van der Waals surface area contributed by atoms with Crippen molar-refractivity contribution in [1.82, 2.24) is 0 Å². The zero-order valence-electron chi connectivity index (χ0n) is 32.3.